The molecule has 3 aromatic carbocycles. The third-order valence-corrected chi connectivity index (χ3v) is 7.12. The lowest BCUT2D eigenvalue weighted by Crippen LogP contribution is -2.41. The molecule has 33 heavy (non-hydrogen) atoms. The van der Waals surface area contributed by atoms with Crippen LogP contribution in [-0.2, 0) is 16.0 Å². The summed E-state index contributed by atoms with van der Waals surface area (Å²) in [5.41, 5.74) is 5.56. The van der Waals surface area contributed by atoms with Gasteiger partial charge in [0.1, 0.15) is 6.61 Å². The van der Waals surface area contributed by atoms with Gasteiger partial charge in [0, 0.05) is 29.0 Å². The number of aliphatic carboxylic acids is 1. The van der Waals surface area contributed by atoms with Crippen molar-refractivity contribution in [2.75, 3.05) is 6.61 Å². The van der Waals surface area contributed by atoms with Crippen LogP contribution in [0.15, 0.2) is 78.2 Å². The first-order chi connectivity index (χ1) is 16.1. The van der Waals surface area contributed by atoms with Crippen LogP contribution in [0.2, 0.25) is 0 Å². The van der Waals surface area contributed by atoms with Crippen molar-refractivity contribution in [2.24, 2.45) is 0 Å². The molecular formula is C27H22NO4S-. The molecule has 0 bridgehead atoms. The Morgan fingerprint density at radius 1 is 0.939 bits per heavy atom. The molecule has 1 aliphatic carbocycles. The Labute approximate surface area is 195 Å². The van der Waals surface area contributed by atoms with E-state index in [9.17, 15) is 14.7 Å². The highest BCUT2D eigenvalue weighted by Gasteiger charge is 2.29. The fraction of sp³-hybridized carbons (Fsp3) is 0.185. The maximum Gasteiger partial charge on any atom is 0.407 e. The highest BCUT2D eigenvalue weighted by atomic mass is 32.1. The van der Waals surface area contributed by atoms with Crippen LogP contribution in [0.4, 0.5) is 4.79 Å². The molecule has 5 nitrogen and oxygen atoms in total. The zero-order valence-electron chi connectivity index (χ0n) is 17.8. The Balaban J connectivity index is 1.28. The number of amides is 1. The normalized spacial score (nSPS) is 13.3. The van der Waals surface area contributed by atoms with Gasteiger partial charge in [-0.3, -0.25) is 0 Å². The number of ether oxygens (including phenoxy) is 1. The minimum Gasteiger partial charge on any atom is -0.550 e. The predicted octanol–water partition coefficient (Wildman–Crippen LogP) is 4.49. The molecule has 6 heteroatoms. The van der Waals surface area contributed by atoms with Gasteiger partial charge in [-0.25, -0.2) is 4.79 Å². The average Bonchev–Trinajstić information content (AvgIpc) is 3.36. The zero-order valence-corrected chi connectivity index (χ0v) is 18.6. The van der Waals surface area contributed by atoms with Crippen molar-refractivity contribution in [3.05, 3.63) is 94.9 Å². The van der Waals surface area contributed by atoms with Gasteiger partial charge in [-0.15, -0.1) is 11.3 Å². The van der Waals surface area contributed by atoms with E-state index >= 15 is 0 Å². The van der Waals surface area contributed by atoms with Gasteiger partial charge < -0.3 is 20.0 Å². The second-order valence-corrected chi connectivity index (χ2v) is 9.12. The van der Waals surface area contributed by atoms with Gasteiger partial charge in [0.25, 0.3) is 0 Å². The number of carbonyl (C=O) groups is 2. The fourth-order valence-electron chi connectivity index (χ4n) is 4.64. The van der Waals surface area contributed by atoms with Crippen molar-refractivity contribution in [1.29, 1.82) is 0 Å². The quantitative estimate of drug-likeness (QED) is 0.444. The highest BCUT2D eigenvalue weighted by Crippen LogP contribution is 2.44. The average molecular weight is 457 g/mol. The molecule has 1 aromatic heterocycles. The molecule has 5 rings (SSSR count). The van der Waals surface area contributed by atoms with E-state index in [2.05, 4.69) is 29.6 Å². The smallest absolute Gasteiger partial charge is 0.407 e. The summed E-state index contributed by atoms with van der Waals surface area (Å²) in [6, 6.07) is 23.6. The lowest BCUT2D eigenvalue weighted by Gasteiger charge is -2.20. The van der Waals surface area contributed by atoms with Crippen molar-refractivity contribution < 1.29 is 19.4 Å². The van der Waals surface area contributed by atoms with E-state index in [1.165, 1.54) is 0 Å². The number of benzene rings is 3. The van der Waals surface area contributed by atoms with Crippen LogP contribution < -0.4 is 10.4 Å². The number of thiophene rings is 1. The number of rotatable bonds is 7. The van der Waals surface area contributed by atoms with E-state index in [1.807, 2.05) is 53.9 Å². The number of hydrogen-bond donors (Lipinski definition) is 1. The Bertz CT molecular complexity index is 1280. The molecule has 4 aromatic rings. The van der Waals surface area contributed by atoms with Crippen molar-refractivity contribution in [3.63, 3.8) is 0 Å². The lowest BCUT2D eigenvalue weighted by atomic mass is 9.98. The molecule has 0 aliphatic heterocycles. The molecule has 1 amide bonds. The summed E-state index contributed by atoms with van der Waals surface area (Å²) >= 11 is 1.60. The fourth-order valence-corrected chi connectivity index (χ4v) is 5.61. The van der Waals surface area contributed by atoms with Crippen molar-refractivity contribution in [3.8, 4) is 11.1 Å². The number of carboxylic acids is 1. The van der Waals surface area contributed by atoms with E-state index in [-0.39, 0.29) is 18.9 Å². The molecular weight excluding hydrogens is 434 g/mol. The first-order valence-electron chi connectivity index (χ1n) is 10.9. The summed E-state index contributed by atoms with van der Waals surface area (Å²) in [5, 5.41) is 17.1. The van der Waals surface area contributed by atoms with Crippen LogP contribution in [0.25, 0.3) is 21.2 Å². The first kappa shape index (κ1) is 21.2. The maximum absolute atomic E-state index is 12.7. The van der Waals surface area contributed by atoms with Gasteiger partial charge in [-0.2, -0.15) is 0 Å². The summed E-state index contributed by atoms with van der Waals surface area (Å²) in [6.07, 6.45) is -0.515. The summed E-state index contributed by atoms with van der Waals surface area (Å²) in [5.74, 6) is -1.26. The van der Waals surface area contributed by atoms with E-state index < -0.39 is 18.1 Å². The Morgan fingerprint density at radius 3 is 2.27 bits per heavy atom. The molecule has 1 aliphatic rings. The SMILES string of the molecule is O=C([O-])C[C@@H](Cc1csc2ccccc12)NC(=O)OCC1c2ccccc2-c2ccccc21. The number of alkyl carbamates (subject to hydrolysis) is 1. The monoisotopic (exact) mass is 456 g/mol. The van der Waals surface area contributed by atoms with Gasteiger partial charge in [0.2, 0.25) is 0 Å². The molecule has 0 unspecified atom stereocenters. The van der Waals surface area contributed by atoms with E-state index in [0.29, 0.717) is 6.42 Å². The second-order valence-electron chi connectivity index (χ2n) is 8.20. The predicted molar refractivity (Wildman–Crippen MR) is 127 cm³/mol. The van der Waals surface area contributed by atoms with Crippen molar-refractivity contribution in [2.45, 2.75) is 24.8 Å². The molecule has 1 atom stereocenters. The molecule has 0 saturated heterocycles. The topological polar surface area (TPSA) is 78.5 Å². The largest absolute Gasteiger partial charge is 0.550 e. The minimum atomic E-state index is -1.21. The number of carboxylic acid groups (broad SMARTS) is 1. The van der Waals surface area contributed by atoms with Crippen LogP contribution in [0.3, 0.4) is 0 Å². The molecule has 166 valence electrons. The van der Waals surface area contributed by atoms with Gasteiger partial charge in [0.15, 0.2) is 0 Å². The first-order valence-corrected chi connectivity index (χ1v) is 11.7. The van der Waals surface area contributed by atoms with E-state index in [0.717, 1.165) is 37.9 Å². The van der Waals surface area contributed by atoms with E-state index in [4.69, 9.17) is 4.74 Å². The van der Waals surface area contributed by atoms with Crippen LogP contribution >= 0.6 is 11.3 Å². The summed E-state index contributed by atoms with van der Waals surface area (Å²) in [4.78, 5) is 24.0. The molecule has 0 saturated carbocycles. The molecule has 0 fully saturated rings. The number of carbonyl (C=O) groups excluding carboxylic acids is 2. The summed E-state index contributed by atoms with van der Waals surface area (Å²) in [6.45, 7) is 0.180. The highest BCUT2D eigenvalue weighted by molar-refractivity contribution is 7.17. The van der Waals surface area contributed by atoms with Gasteiger partial charge >= 0.3 is 6.09 Å². The van der Waals surface area contributed by atoms with Gasteiger partial charge in [0.05, 0.1) is 0 Å². The number of nitrogens with one attached hydrogen (secondary N) is 1. The minimum absolute atomic E-state index is 0.0523. The Kier molecular flexibility index (Phi) is 5.84. The van der Waals surface area contributed by atoms with Crippen LogP contribution in [0, 0.1) is 0 Å². The van der Waals surface area contributed by atoms with Crippen LogP contribution in [0.1, 0.15) is 29.0 Å². The Morgan fingerprint density at radius 2 is 1.58 bits per heavy atom. The third kappa shape index (κ3) is 4.34. The van der Waals surface area contributed by atoms with Gasteiger partial charge in [-0.1, -0.05) is 66.7 Å². The van der Waals surface area contributed by atoms with Crippen molar-refractivity contribution >= 4 is 33.5 Å². The maximum atomic E-state index is 12.7. The zero-order chi connectivity index (χ0) is 22.8. The summed E-state index contributed by atoms with van der Waals surface area (Å²) < 4.78 is 6.72. The van der Waals surface area contributed by atoms with Crippen molar-refractivity contribution in [1.82, 2.24) is 5.32 Å². The van der Waals surface area contributed by atoms with E-state index in [1.54, 1.807) is 11.3 Å². The molecule has 0 radical (unpaired) electrons. The summed E-state index contributed by atoms with van der Waals surface area (Å²) in [7, 11) is 0. The van der Waals surface area contributed by atoms with Gasteiger partial charge in [-0.05, 0) is 51.1 Å². The second kappa shape index (κ2) is 9.08. The standard InChI is InChI=1S/C27H23NO4S/c29-26(30)14-18(13-17-16-33-25-12-6-5-7-19(17)25)28-27(31)32-15-24-22-10-3-1-8-20(22)21-9-2-4-11-23(21)24/h1-12,16,18,24H,13-15H2,(H,28,31)(H,29,30)/p-1/t18-/m1/s1. The molecule has 1 N–H and O–H groups in total. The Hall–Kier alpha value is -3.64. The number of hydrogen-bond acceptors (Lipinski definition) is 5. The lowest BCUT2D eigenvalue weighted by molar-refractivity contribution is -0.306. The van der Waals surface area contributed by atoms with Crippen LogP contribution in [0.5, 0.6) is 0 Å². The van der Waals surface area contributed by atoms with Crippen LogP contribution in [-0.4, -0.2) is 24.7 Å². The number of fused-ring (bicyclic) bond motifs is 4. The third-order valence-electron chi connectivity index (χ3n) is 6.11. The molecule has 1 heterocycles. The molecule has 0 spiro atoms.